The molecule has 0 saturated carbocycles. The molecular formula is C24H20O7S2. The second kappa shape index (κ2) is 10.8. The minimum Gasteiger partial charge on any atom is -0.423 e. The van der Waals surface area contributed by atoms with E-state index >= 15 is 0 Å². The highest BCUT2D eigenvalue weighted by atomic mass is 32.2. The Morgan fingerprint density at radius 1 is 0.848 bits per heavy atom. The molecule has 0 aliphatic heterocycles. The predicted molar refractivity (Wildman–Crippen MR) is 129 cm³/mol. The largest absolute Gasteiger partial charge is 0.423 e. The van der Waals surface area contributed by atoms with Gasteiger partial charge in [-0.1, -0.05) is 47.8 Å². The molecule has 0 amide bonds. The Hall–Kier alpha value is -2.88. The second-order valence-corrected chi connectivity index (χ2v) is 9.26. The van der Waals surface area contributed by atoms with Gasteiger partial charge in [-0.3, -0.25) is 9.59 Å². The van der Waals surface area contributed by atoms with Gasteiger partial charge in [0.15, 0.2) is 0 Å². The molecule has 0 spiro atoms. The van der Waals surface area contributed by atoms with E-state index in [9.17, 15) is 19.2 Å². The molecule has 7 nitrogen and oxygen atoms in total. The summed E-state index contributed by atoms with van der Waals surface area (Å²) in [5.74, 6) is 0.711. The SMILES string of the molecule is O=C(SCCOCCSC(=O)c1cc2ccccc2oc1=O)c1cc2c(oc1=O)=CCCC=2. The molecule has 0 radical (unpaired) electrons. The summed E-state index contributed by atoms with van der Waals surface area (Å²) in [5.41, 5.74) is -0.316. The van der Waals surface area contributed by atoms with E-state index < -0.39 is 11.3 Å². The van der Waals surface area contributed by atoms with Crippen molar-refractivity contribution < 1.29 is 23.2 Å². The van der Waals surface area contributed by atoms with Crippen molar-refractivity contribution in [2.75, 3.05) is 24.7 Å². The molecule has 0 fully saturated rings. The highest BCUT2D eigenvalue weighted by molar-refractivity contribution is 8.14. The lowest BCUT2D eigenvalue weighted by molar-refractivity contribution is 0.107. The number of fused-ring (bicyclic) bond motifs is 2. The van der Waals surface area contributed by atoms with Gasteiger partial charge in [-0.05, 0) is 37.1 Å². The molecule has 4 rings (SSSR count). The van der Waals surface area contributed by atoms with Gasteiger partial charge < -0.3 is 13.6 Å². The van der Waals surface area contributed by atoms with E-state index in [1.165, 1.54) is 6.07 Å². The Kier molecular flexibility index (Phi) is 7.64. The summed E-state index contributed by atoms with van der Waals surface area (Å²) in [7, 11) is 0. The van der Waals surface area contributed by atoms with Crippen molar-refractivity contribution in [3.05, 3.63) is 79.0 Å². The average molecular weight is 485 g/mol. The zero-order valence-electron chi connectivity index (χ0n) is 17.5. The second-order valence-electron chi connectivity index (χ2n) is 7.12. The van der Waals surface area contributed by atoms with Gasteiger partial charge >= 0.3 is 11.3 Å². The molecule has 0 saturated heterocycles. The normalized spacial score (nSPS) is 12.6. The molecule has 1 aliphatic carbocycles. The lowest BCUT2D eigenvalue weighted by Crippen LogP contribution is -2.33. The third-order valence-corrected chi connectivity index (χ3v) is 6.58. The van der Waals surface area contributed by atoms with Crippen molar-refractivity contribution in [1.29, 1.82) is 0 Å². The standard InChI is InChI=1S/C24H20O7S2/c25-21-17(13-15-5-1-3-7-19(15)30-21)23(27)32-11-9-29-10-12-33-24(28)18-14-16-6-2-4-8-20(16)31-22(18)26/h1,3,5-8,13-14H,2,4,9-12H2. The molecular weight excluding hydrogens is 464 g/mol. The Morgan fingerprint density at radius 2 is 1.48 bits per heavy atom. The van der Waals surface area contributed by atoms with Crippen LogP contribution in [-0.4, -0.2) is 35.0 Å². The van der Waals surface area contributed by atoms with Gasteiger partial charge in [0.25, 0.3) is 0 Å². The summed E-state index contributed by atoms with van der Waals surface area (Å²) in [5, 5.41) is 0.712. The first-order valence-electron chi connectivity index (χ1n) is 10.3. The van der Waals surface area contributed by atoms with Gasteiger partial charge in [0.2, 0.25) is 10.2 Å². The van der Waals surface area contributed by atoms with Crippen molar-refractivity contribution in [3.8, 4) is 0 Å². The van der Waals surface area contributed by atoms with Crippen LogP contribution in [0.15, 0.2) is 54.8 Å². The van der Waals surface area contributed by atoms with Crippen LogP contribution in [0.5, 0.6) is 0 Å². The number of carbonyl (C=O) groups is 2. The van der Waals surface area contributed by atoms with E-state index in [0.29, 0.717) is 27.9 Å². The lowest BCUT2D eigenvalue weighted by atomic mass is 10.1. The molecule has 0 N–H and O–H groups in total. The molecule has 1 aromatic carbocycles. The van der Waals surface area contributed by atoms with Crippen LogP contribution in [0.25, 0.3) is 23.1 Å². The molecule has 0 atom stereocenters. The van der Waals surface area contributed by atoms with E-state index in [4.69, 9.17) is 13.6 Å². The van der Waals surface area contributed by atoms with E-state index in [1.807, 2.05) is 12.2 Å². The summed E-state index contributed by atoms with van der Waals surface area (Å²) in [6, 6.07) is 10.1. The first kappa shape index (κ1) is 23.3. The molecule has 2 aromatic heterocycles. The van der Waals surface area contributed by atoms with Gasteiger partial charge in [-0.15, -0.1) is 0 Å². The number of ether oxygens (including phenoxy) is 1. The highest BCUT2D eigenvalue weighted by Crippen LogP contribution is 2.16. The first-order chi connectivity index (χ1) is 16.0. The zero-order valence-corrected chi connectivity index (χ0v) is 19.2. The van der Waals surface area contributed by atoms with Gasteiger partial charge in [0.1, 0.15) is 22.1 Å². The molecule has 2 heterocycles. The number of thioether (sulfide) groups is 2. The van der Waals surface area contributed by atoms with Crippen molar-refractivity contribution >= 4 is 56.9 Å². The van der Waals surface area contributed by atoms with Crippen LogP contribution in [0.4, 0.5) is 0 Å². The molecule has 0 bridgehead atoms. The van der Waals surface area contributed by atoms with Crippen LogP contribution >= 0.6 is 23.5 Å². The van der Waals surface area contributed by atoms with Crippen LogP contribution < -0.4 is 21.9 Å². The average Bonchev–Trinajstić information content (AvgIpc) is 2.82. The molecule has 9 heteroatoms. The first-order valence-corrected chi connectivity index (χ1v) is 12.3. The highest BCUT2D eigenvalue weighted by Gasteiger charge is 2.15. The summed E-state index contributed by atoms with van der Waals surface area (Å²) in [6.45, 7) is 0.551. The third kappa shape index (κ3) is 5.73. The Balaban J connectivity index is 1.20. The number of rotatable bonds is 8. The summed E-state index contributed by atoms with van der Waals surface area (Å²) < 4.78 is 15.9. The maximum atomic E-state index is 12.3. The van der Waals surface area contributed by atoms with Crippen LogP contribution in [0.3, 0.4) is 0 Å². The fraction of sp³-hybridized carbons (Fsp3) is 0.250. The monoisotopic (exact) mass is 484 g/mol. The zero-order chi connectivity index (χ0) is 23.2. The van der Waals surface area contributed by atoms with Crippen LogP contribution in [0.2, 0.25) is 0 Å². The Bertz CT molecular complexity index is 1440. The molecule has 0 unspecified atom stereocenters. The minimum atomic E-state index is -0.663. The van der Waals surface area contributed by atoms with Gasteiger partial charge in [-0.25, -0.2) is 9.59 Å². The molecule has 33 heavy (non-hydrogen) atoms. The van der Waals surface area contributed by atoms with E-state index in [2.05, 4.69) is 0 Å². The fourth-order valence-corrected chi connectivity index (χ4v) is 4.63. The maximum absolute atomic E-state index is 12.3. The molecule has 1 aliphatic rings. The van der Waals surface area contributed by atoms with Gasteiger partial charge in [-0.2, -0.15) is 0 Å². The number of carbonyl (C=O) groups excluding carboxylic acids is 2. The van der Waals surface area contributed by atoms with Crippen LogP contribution in [0.1, 0.15) is 33.6 Å². The van der Waals surface area contributed by atoms with Gasteiger partial charge in [0, 0.05) is 22.1 Å². The summed E-state index contributed by atoms with van der Waals surface area (Å²) in [6.07, 6.45) is 5.46. The summed E-state index contributed by atoms with van der Waals surface area (Å²) in [4.78, 5) is 48.8. The third-order valence-electron chi connectivity index (χ3n) is 4.87. The smallest absolute Gasteiger partial charge is 0.348 e. The van der Waals surface area contributed by atoms with E-state index in [1.54, 1.807) is 30.3 Å². The topological polar surface area (TPSA) is 104 Å². The predicted octanol–water partition coefficient (Wildman–Crippen LogP) is 2.56. The minimum absolute atomic E-state index is 0.00132. The van der Waals surface area contributed by atoms with Crippen molar-refractivity contribution in [1.82, 2.24) is 0 Å². The van der Waals surface area contributed by atoms with Crippen molar-refractivity contribution in [3.63, 3.8) is 0 Å². The Morgan fingerprint density at radius 3 is 2.24 bits per heavy atom. The number of para-hydroxylation sites is 1. The number of hydrogen-bond acceptors (Lipinski definition) is 9. The molecule has 170 valence electrons. The van der Waals surface area contributed by atoms with Crippen molar-refractivity contribution in [2.45, 2.75) is 12.8 Å². The Labute approximate surface area is 196 Å². The number of benzene rings is 1. The van der Waals surface area contributed by atoms with Crippen LogP contribution in [-0.2, 0) is 4.74 Å². The maximum Gasteiger partial charge on any atom is 0.348 e. The summed E-state index contributed by atoms with van der Waals surface area (Å²) >= 11 is 1.95. The van der Waals surface area contributed by atoms with Crippen LogP contribution in [0, 0.1) is 0 Å². The fourth-order valence-electron chi connectivity index (χ4n) is 3.26. The van der Waals surface area contributed by atoms with E-state index in [0.717, 1.165) is 41.6 Å². The molecule has 3 aromatic rings. The van der Waals surface area contributed by atoms with E-state index in [-0.39, 0.29) is 34.6 Å². The lowest BCUT2D eigenvalue weighted by Gasteiger charge is -2.05. The quantitative estimate of drug-likeness (QED) is 0.352. The number of hydrogen-bond donors (Lipinski definition) is 0. The van der Waals surface area contributed by atoms with Gasteiger partial charge in [0.05, 0.1) is 13.2 Å². The van der Waals surface area contributed by atoms with Crippen molar-refractivity contribution in [2.24, 2.45) is 0 Å².